The highest BCUT2D eigenvalue weighted by atomic mass is 35.5. The summed E-state index contributed by atoms with van der Waals surface area (Å²) in [6.07, 6.45) is 5.96. The van der Waals surface area contributed by atoms with Gasteiger partial charge in [-0.15, -0.1) is 0 Å². The molecule has 0 aromatic carbocycles. The van der Waals surface area contributed by atoms with Gasteiger partial charge in [-0.3, -0.25) is 0 Å². The number of nitrogens with one attached hydrogen (secondary N) is 1. The first-order chi connectivity index (χ1) is 8.78. The van der Waals surface area contributed by atoms with Gasteiger partial charge < -0.3 is 5.32 Å². The molecule has 3 rings (SSSR count). The van der Waals surface area contributed by atoms with Crippen molar-refractivity contribution in [3.05, 3.63) is 29.2 Å². The zero-order valence-electron chi connectivity index (χ0n) is 10.1. The van der Waals surface area contributed by atoms with Crippen molar-refractivity contribution in [2.75, 3.05) is 11.9 Å². The average Bonchev–Trinajstić information content (AvgIpc) is 3.11. The van der Waals surface area contributed by atoms with Crippen LogP contribution < -0.4 is 5.32 Å². The van der Waals surface area contributed by atoms with E-state index in [1.54, 1.807) is 10.9 Å². The van der Waals surface area contributed by atoms with Crippen LogP contribution >= 0.6 is 11.6 Å². The fraction of sp³-hybridized carbons (Fsp3) is 0.417. The summed E-state index contributed by atoms with van der Waals surface area (Å²) in [7, 11) is 0. The summed E-state index contributed by atoms with van der Waals surface area (Å²) in [5.41, 5.74) is 1.12. The van der Waals surface area contributed by atoms with Crippen LogP contribution in [0.15, 0.2) is 18.5 Å². The lowest BCUT2D eigenvalue weighted by Crippen LogP contribution is -2.07. The van der Waals surface area contributed by atoms with Gasteiger partial charge in [-0.05, 0) is 25.8 Å². The molecule has 1 saturated carbocycles. The molecule has 0 amide bonds. The van der Waals surface area contributed by atoms with Gasteiger partial charge in [0.15, 0.2) is 5.82 Å². The number of nitrogens with zero attached hydrogens (tertiary/aromatic N) is 4. The summed E-state index contributed by atoms with van der Waals surface area (Å²) in [5.74, 6) is 1.81. The van der Waals surface area contributed by atoms with Crippen molar-refractivity contribution in [2.45, 2.75) is 25.7 Å². The van der Waals surface area contributed by atoms with E-state index in [9.17, 15) is 0 Å². The molecule has 2 aromatic heterocycles. The summed E-state index contributed by atoms with van der Waals surface area (Å²) in [4.78, 5) is 8.48. The van der Waals surface area contributed by atoms with Crippen LogP contribution in [0.2, 0.25) is 5.02 Å². The number of aromatic nitrogens is 4. The molecule has 6 heteroatoms. The summed E-state index contributed by atoms with van der Waals surface area (Å²) in [6, 6.07) is 2.03. The lowest BCUT2D eigenvalue weighted by atomic mass is 10.3. The second-order valence-electron chi connectivity index (χ2n) is 4.35. The first-order valence-corrected chi connectivity index (χ1v) is 6.48. The third-order valence-electron chi connectivity index (χ3n) is 2.88. The highest BCUT2D eigenvalue weighted by Crippen LogP contribution is 2.39. The molecular weight excluding hydrogens is 250 g/mol. The minimum atomic E-state index is 0.502. The lowest BCUT2D eigenvalue weighted by molar-refractivity contribution is 0.808. The molecule has 2 heterocycles. The van der Waals surface area contributed by atoms with E-state index < -0.39 is 0 Å². The van der Waals surface area contributed by atoms with Gasteiger partial charge in [0.1, 0.15) is 5.02 Å². The Labute approximate surface area is 110 Å². The van der Waals surface area contributed by atoms with Crippen molar-refractivity contribution < 1.29 is 0 Å². The smallest absolute Gasteiger partial charge is 0.224 e. The van der Waals surface area contributed by atoms with E-state index in [0.29, 0.717) is 22.7 Å². The average molecular weight is 264 g/mol. The molecule has 0 saturated heterocycles. The number of anilines is 1. The van der Waals surface area contributed by atoms with E-state index in [0.717, 1.165) is 12.2 Å². The standard InChI is InChI=1S/C12H14ClN5/c1-2-14-12-15-7-9(13)11(16-12)18-6-5-10(17-18)8-3-4-8/h5-8H,2-4H2,1H3,(H,14,15,16). The molecule has 1 fully saturated rings. The van der Waals surface area contributed by atoms with Crippen molar-refractivity contribution in [2.24, 2.45) is 0 Å². The minimum absolute atomic E-state index is 0.502. The number of hydrogen-bond donors (Lipinski definition) is 1. The fourth-order valence-corrected chi connectivity index (χ4v) is 1.99. The summed E-state index contributed by atoms with van der Waals surface area (Å²) < 4.78 is 1.72. The maximum absolute atomic E-state index is 6.12. The molecular formula is C12H14ClN5. The van der Waals surface area contributed by atoms with Crippen molar-refractivity contribution in [1.82, 2.24) is 19.7 Å². The topological polar surface area (TPSA) is 55.6 Å². The molecule has 1 aliphatic carbocycles. The second-order valence-corrected chi connectivity index (χ2v) is 4.76. The van der Waals surface area contributed by atoms with E-state index in [4.69, 9.17) is 11.6 Å². The normalized spacial score (nSPS) is 14.8. The van der Waals surface area contributed by atoms with Gasteiger partial charge >= 0.3 is 0 Å². The van der Waals surface area contributed by atoms with Crippen molar-refractivity contribution in [3.8, 4) is 5.82 Å². The third-order valence-corrected chi connectivity index (χ3v) is 3.15. The van der Waals surface area contributed by atoms with Gasteiger partial charge in [0, 0.05) is 18.7 Å². The zero-order chi connectivity index (χ0) is 12.5. The molecule has 1 aliphatic rings. The van der Waals surface area contributed by atoms with Crippen LogP contribution in [0.5, 0.6) is 0 Å². The maximum atomic E-state index is 6.12. The van der Waals surface area contributed by atoms with Crippen molar-refractivity contribution >= 4 is 17.5 Å². The van der Waals surface area contributed by atoms with E-state index in [-0.39, 0.29) is 0 Å². The molecule has 0 bridgehead atoms. The predicted octanol–water partition coefficient (Wildman–Crippen LogP) is 2.62. The SMILES string of the molecule is CCNc1ncc(Cl)c(-n2ccc(C3CC3)n2)n1. The Kier molecular flexibility index (Phi) is 2.91. The molecule has 5 nitrogen and oxygen atoms in total. The Bertz CT molecular complexity index is 561. The molecule has 94 valence electrons. The van der Waals surface area contributed by atoms with Crippen molar-refractivity contribution in [3.63, 3.8) is 0 Å². The highest BCUT2D eigenvalue weighted by molar-refractivity contribution is 6.32. The summed E-state index contributed by atoms with van der Waals surface area (Å²) in [5, 5.41) is 8.09. The quantitative estimate of drug-likeness (QED) is 0.921. The van der Waals surface area contributed by atoms with Gasteiger partial charge in [-0.1, -0.05) is 11.6 Å². The molecule has 0 unspecified atom stereocenters. The third kappa shape index (κ3) is 2.18. The molecule has 1 N–H and O–H groups in total. The van der Waals surface area contributed by atoms with E-state index >= 15 is 0 Å². The van der Waals surface area contributed by atoms with Gasteiger partial charge in [-0.2, -0.15) is 10.1 Å². The maximum Gasteiger partial charge on any atom is 0.224 e. The largest absolute Gasteiger partial charge is 0.354 e. The van der Waals surface area contributed by atoms with E-state index in [1.807, 2.05) is 19.2 Å². The Morgan fingerprint density at radius 3 is 3.06 bits per heavy atom. The predicted molar refractivity (Wildman–Crippen MR) is 70.3 cm³/mol. The van der Waals surface area contributed by atoms with Crippen LogP contribution in [0.3, 0.4) is 0 Å². The van der Waals surface area contributed by atoms with Crippen molar-refractivity contribution in [1.29, 1.82) is 0 Å². The minimum Gasteiger partial charge on any atom is -0.354 e. The van der Waals surface area contributed by atoms with E-state index in [2.05, 4.69) is 20.4 Å². The number of hydrogen-bond acceptors (Lipinski definition) is 4. The van der Waals surface area contributed by atoms with Crippen LogP contribution in [0.1, 0.15) is 31.4 Å². The first kappa shape index (κ1) is 11.5. The Hall–Kier alpha value is -1.62. The molecule has 0 spiro atoms. The van der Waals surface area contributed by atoms with Gasteiger partial charge in [0.05, 0.1) is 11.9 Å². The van der Waals surface area contributed by atoms with Gasteiger partial charge in [0.2, 0.25) is 5.95 Å². The van der Waals surface area contributed by atoms with Gasteiger partial charge in [-0.25, -0.2) is 9.67 Å². The number of rotatable bonds is 4. The molecule has 0 aliphatic heterocycles. The van der Waals surface area contributed by atoms with Crippen LogP contribution in [-0.2, 0) is 0 Å². The monoisotopic (exact) mass is 263 g/mol. The van der Waals surface area contributed by atoms with Crippen LogP contribution in [0, 0.1) is 0 Å². The van der Waals surface area contributed by atoms with Crippen LogP contribution in [0.25, 0.3) is 5.82 Å². The molecule has 0 atom stereocenters. The Balaban J connectivity index is 1.95. The summed E-state index contributed by atoms with van der Waals surface area (Å²) in [6.45, 7) is 2.77. The lowest BCUT2D eigenvalue weighted by Gasteiger charge is -2.06. The Morgan fingerprint density at radius 1 is 1.50 bits per heavy atom. The van der Waals surface area contributed by atoms with E-state index in [1.165, 1.54) is 12.8 Å². The first-order valence-electron chi connectivity index (χ1n) is 6.10. The number of halogens is 1. The van der Waals surface area contributed by atoms with Crippen LogP contribution in [0.4, 0.5) is 5.95 Å². The molecule has 0 radical (unpaired) electrons. The van der Waals surface area contributed by atoms with Crippen LogP contribution in [-0.4, -0.2) is 26.3 Å². The highest BCUT2D eigenvalue weighted by Gasteiger charge is 2.26. The molecule has 2 aromatic rings. The second kappa shape index (κ2) is 4.57. The summed E-state index contributed by atoms with van der Waals surface area (Å²) >= 11 is 6.12. The fourth-order valence-electron chi connectivity index (χ4n) is 1.81. The van der Waals surface area contributed by atoms with Gasteiger partial charge in [0.25, 0.3) is 0 Å². The zero-order valence-corrected chi connectivity index (χ0v) is 10.9. The Morgan fingerprint density at radius 2 is 2.33 bits per heavy atom. The molecule has 18 heavy (non-hydrogen) atoms.